The molecule has 1 atom stereocenters. The third-order valence-corrected chi connectivity index (χ3v) is 5.12. The van der Waals surface area contributed by atoms with E-state index in [4.69, 9.17) is 0 Å². The zero-order valence-electron chi connectivity index (χ0n) is 11.4. The first-order chi connectivity index (χ1) is 10.1. The predicted molar refractivity (Wildman–Crippen MR) is 78.6 cm³/mol. The molecule has 0 aromatic heterocycles. The first kappa shape index (κ1) is 14.2. The van der Waals surface area contributed by atoms with Gasteiger partial charge in [-0.2, -0.15) is 0 Å². The molecule has 0 spiro atoms. The number of halogens is 1. The monoisotopic (exact) mass is 305 g/mol. The number of rotatable bonds is 5. The smallest absolute Gasteiger partial charge is 0.207 e. The van der Waals surface area contributed by atoms with Crippen LogP contribution in [0.1, 0.15) is 24.4 Å². The molecule has 1 aliphatic rings. The first-order valence-electron chi connectivity index (χ1n) is 6.89. The van der Waals surface area contributed by atoms with Crippen LogP contribution in [0.3, 0.4) is 0 Å². The predicted octanol–water partition coefficient (Wildman–Crippen LogP) is 3.26. The third kappa shape index (κ3) is 3.31. The average molecular weight is 305 g/mol. The minimum absolute atomic E-state index is 0.0884. The van der Waals surface area contributed by atoms with Gasteiger partial charge in [0.1, 0.15) is 5.82 Å². The quantitative estimate of drug-likeness (QED) is 0.921. The van der Waals surface area contributed by atoms with E-state index in [0.29, 0.717) is 5.92 Å². The minimum Gasteiger partial charge on any atom is -0.207 e. The second-order valence-electron chi connectivity index (χ2n) is 5.30. The number of nitrogens with one attached hydrogen (secondary N) is 1. The van der Waals surface area contributed by atoms with Crippen LogP contribution in [0.5, 0.6) is 0 Å². The van der Waals surface area contributed by atoms with Gasteiger partial charge in [0.2, 0.25) is 10.0 Å². The van der Waals surface area contributed by atoms with Gasteiger partial charge in [0.25, 0.3) is 0 Å². The van der Waals surface area contributed by atoms with Crippen molar-refractivity contribution < 1.29 is 12.8 Å². The number of hydrogen-bond donors (Lipinski definition) is 1. The molecule has 21 heavy (non-hydrogen) atoms. The maximum absolute atomic E-state index is 12.9. The zero-order chi connectivity index (χ0) is 14.9. The Bertz CT molecular complexity index is 710. The number of benzene rings is 2. The van der Waals surface area contributed by atoms with E-state index in [1.54, 1.807) is 0 Å². The molecule has 1 saturated carbocycles. The summed E-state index contributed by atoms with van der Waals surface area (Å²) in [6, 6.07) is 14.2. The normalized spacial score (nSPS) is 16.6. The van der Waals surface area contributed by atoms with Gasteiger partial charge in [0.05, 0.1) is 4.90 Å². The van der Waals surface area contributed by atoms with Crippen LogP contribution >= 0.6 is 0 Å². The van der Waals surface area contributed by atoms with Gasteiger partial charge in [0.15, 0.2) is 0 Å². The largest absolute Gasteiger partial charge is 0.241 e. The summed E-state index contributed by atoms with van der Waals surface area (Å²) in [6.07, 6.45) is 2.04. The molecular weight excluding hydrogens is 289 g/mol. The summed E-state index contributed by atoms with van der Waals surface area (Å²) in [6.45, 7) is 0. The van der Waals surface area contributed by atoms with Crippen LogP contribution in [0, 0.1) is 11.7 Å². The molecule has 2 aromatic carbocycles. The maximum atomic E-state index is 12.9. The van der Waals surface area contributed by atoms with Gasteiger partial charge in [0, 0.05) is 6.04 Å². The summed E-state index contributed by atoms with van der Waals surface area (Å²) in [5.41, 5.74) is 0.964. The summed E-state index contributed by atoms with van der Waals surface area (Å²) in [7, 11) is -3.65. The number of sulfonamides is 1. The Morgan fingerprint density at radius 2 is 1.62 bits per heavy atom. The van der Waals surface area contributed by atoms with Gasteiger partial charge in [-0.15, -0.1) is 0 Å². The lowest BCUT2D eigenvalue weighted by molar-refractivity contribution is 0.529. The fourth-order valence-corrected chi connectivity index (χ4v) is 3.67. The minimum atomic E-state index is -3.65. The van der Waals surface area contributed by atoms with Crippen LogP contribution in [0.4, 0.5) is 4.39 Å². The topological polar surface area (TPSA) is 46.2 Å². The molecule has 0 bridgehead atoms. The van der Waals surface area contributed by atoms with E-state index in [0.717, 1.165) is 30.5 Å². The highest BCUT2D eigenvalue weighted by atomic mass is 32.2. The van der Waals surface area contributed by atoms with Crippen molar-refractivity contribution in [1.82, 2.24) is 4.72 Å². The summed E-state index contributed by atoms with van der Waals surface area (Å²) in [5, 5.41) is 0. The van der Waals surface area contributed by atoms with E-state index in [-0.39, 0.29) is 10.9 Å². The van der Waals surface area contributed by atoms with Crippen LogP contribution in [-0.4, -0.2) is 8.42 Å². The fraction of sp³-hybridized carbons (Fsp3) is 0.250. The highest BCUT2D eigenvalue weighted by molar-refractivity contribution is 7.89. The standard InChI is InChI=1S/C16H16FNO2S/c17-14-8-10-15(11-9-14)21(19,20)18-16(13-6-7-13)12-4-2-1-3-5-12/h1-5,8-11,13,16,18H,6-7H2/t16-/m1/s1. The lowest BCUT2D eigenvalue weighted by Crippen LogP contribution is -2.30. The van der Waals surface area contributed by atoms with Gasteiger partial charge < -0.3 is 0 Å². The van der Waals surface area contributed by atoms with Crippen LogP contribution in [0.2, 0.25) is 0 Å². The number of hydrogen-bond acceptors (Lipinski definition) is 2. The van der Waals surface area contributed by atoms with E-state index >= 15 is 0 Å². The summed E-state index contributed by atoms with van der Waals surface area (Å²) < 4.78 is 40.5. The van der Waals surface area contributed by atoms with Crippen LogP contribution in [-0.2, 0) is 10.0 Å². The van der Waals surface area contributed by atoms with Crippen molar-refractivity contribution in [2.24, 2.45) is 5.92 Å². The molecule has 0 saturated heterocycles. The SMILES string of the molecule is O=S(=O)(N[C@H](c1ccccc1)C1CC1)c1ccc(F)cc1. The lowest BCUT2D eigenvalue weighted by atomic mass is 10.0. The molecule has 0 heterocycles. The van der Waals surface area contributed by atoms with Gasteiger partial charge in [-0.3, -0.25) is 0 Å². The molecule has 110 valence electrons. The van der Waals surface area contributed by atoms with Crippen molar-refractivity contribution in [2.75, 3.05) is 0 Å². The van der Waals surface area contributed by atoms with Gasteiger partial charge in [-0.05, 0) is 48.6 Å². The zero-order valence-corrected chi connectivity index (χ0v) is 12.2. The van der Waals surface area contributed by atoms with Gasteiger partial charge >= 0.3 is 0 Å². The second-order valence-corrected chi connectivity index (χ2v) is 7.01. The summed E-state index contributed by atoms with van der Waals surface area (Å²) in [4.78, 5) is 0.0884. The molecule has 1 fully saturated rings. The molecule has 0 amide bonds. The second kappa shape index (κ2) is 5.58. The van der Waals surface area contributed by atoms with Crippen LogP contribution in [0.25, 0.3) is 0 Å². The molecular formula is C16H16FNO2S. The Hall–Kier alpha value is -1.72. The Labute approximate surface area is 123 Å². The van der Waals surface area contributed by atoms with Crippen LogP contribution in [0.15, 0.2) is 59.5 Å². The van der Waals surface area contributed by atoms with E-state index in [1.807, 2.05) is 30.3 Å². The third-order valence-electron chi connectivity index (χ3n) is 3.66. The molecule has 0 aliphatic heterocycles. The molecule has 3 nitrogen and oxygen atoms in total. The Morgan fingerprint density at radius 3 is 2.19 bits per heavy atom. The van der Waals surface area contributed by atoms with Crippen LogP contribution < -0.4 is 4.72 Å². The van der Waals surface area contributed by atoms with Crippen molar-refractivity contribution >= 4 is 10.0 Å². The van der Waals surface area contributed by atoms with Crippen molar-refractivity contribution in [3.8, 4) is 0 Å². The van der Waals surface area contributed by atoms with E-state index in [2.05, 4.69) is 4.72 Å². The highest BCUT2D eigenvalue weighted by Gasteiger charge is 2.35. The Morgan fingerprint density at radius 1 is 1.00 bits per heavy atom. The van der Waals surface area contributed by atoms with Crippen molar-refractivity contribution in [1.29, 1.82) is 0 Å². The van der Waals surface area contributed by atoms with Crippen molar-refractivity contribution in [3.05, 3.63) is 66.0 Å². The van der Waals surface area contributed by atoms with E-state index in [1.165, 1.54) is 12.1 Å². The summed E-state index contributed by atoms with van der Waals surface area (Å²) >= 11 is 0. The first-order valence-corrected chi connectivity index (χ1v) is 8.37. The Balaban J connectivity index is 1.87. The average Bonchev–Trinajstić information content (AvgIpc) is 3.31. The maximum Gasteiger partial charge on any atom is 0.241 e. The molecule has 3 rings (SSSR count). The molecule has 0 unspecified atom stereocenters. The molecule has 1 N–H and O–H groups in total. The van der Waals surface area contributed by atoms with E-state index < -0.39 is 15.8 Å². The highest BCUT2D eigenvalue weighted by Crippen LogP contribution is 2.41. The molecule has 2 aromatic rings. The van der Waals surface area contributed by atoms with Gasteiger partial charge in [-0.1, -0.05) is 30.3 Å². The lowest BCUT2D eigenvalue weighted by Gasteiger charge is -2.18. The molecule has 5 heteroatoms. The fourth-order valence-electron chi connectivity index (χ4n) is 2.38. The van der Waals surface area contributed by atoms with Crippen molar-refractivity contribution in [2.45, 2.75) is 23.8 Å². The Kier molecular flexibility index (Phi) is 3.78. The van der Waals surface area contributed by atoms with Gasteiger partial charge in [-0.25, -0.2) is 17.5 Å². The van der Waals surface area contributed by atoms with E-state index in [9.17, 15) is 12.8 Å². The summed E-state index contributed by atoms with van der Waals surface area (Å²) in [5.74, 6) is -0.113. The molecule has 0 radical (unpaired) electrons. The molecule has 1 aliphatic carbocycles. The van der Waals surface area contributed by atoms with Crippen molar-refractivity contribution in [3.63, 3.8) is 0 Å².